The normalized spacial score (nSPS) is 10.6. The van der Waals surface area contributed by atoms with E-state index in [9.17, 15) is 0 Å². The summed E-state index contributed by atoms with van der Waals surface area (Å²) < 4.78 is 0. The van der Waals surface area contributed by atoms with Crippen LogP contribution < -0.4 is 0 Å². The van der Waals surface area contributed by atoms with Gasteiger partial charge < -0.3 is 0 Å². The Labute approximate surface area is 117 Å². The van der Waals surface area contributed by atoms with Crippen molar-refractivity contribution >= 4 is 23.2 Å². The van der Waals surface area contributed by atoms with Gasteiger partial charge in [-0.1, -0.05) is 41.9 Å². The van der Waals surface area contributed by atoms with E-state index in [2.05, 4.69) is 34.2 Å². The average molecular weight is 281 g/mol. The molecule has 0 aliphatic rings. The lowest BCUT2D eigenvalue weighted by molar-refractivity contribution is 0.721. The molecule has 0 saturated heterocycles. The van der Waals surface area contributed by atoms with E-state index in [1.165, 1.54) is 5.56 Å². The van der Waals surface area contributed by atoms with E-state index in [0.717, 1.165) is 31.4 Å². The molecule has 2 aromatic rings. The molecule has 0 fully saturated rings. The summed E-state index contributed by atoms with van der Waals surface area (Å²) in [5, 5.41) is 0.858. The summed E-state index contributed by atoms with van der Waals surface area (Å²) >= 11 is 11.8. The molecule has 0 N–H and O–H groups in total. The molecule has 1 aromatic carbocycles. The number of aryl methyl sites for hydroxylation is 2. The number of hydrogen-bond acceptors (Lipinski definition) is 2. The number of halogens is 2. The zero-order valence-electron chi connectivity index (χ0n) is 9.94. The van der Waals surface area contributed by atoms with Gasteiger partial charge in [0.1, 0.15) is 0 Å². The Morgan fingerprint density at radius 1 is 0.944 bits per heavy atom. The largest absolute Gasteiger partial charge is 0.225 e. The van der Waals surface area contributed by atoms with Gasteiger partial charge in [-0.25, -0.2) is 9.97 Å². The standard InChI is InChI=1S/C14H14Cl2N2/c15-12-10-17-14(16)18-13(12)9-5-4-8-11-6-2-1-3-7-11/h1-3,6-7,10H,4-5,8-9H2. The van der Waals surface area contributed by atoms with Crippen LogP contribution >= 0.6 is 23.2 Å². The van der Waals surface area contributed by atoms with Crippen LogP contribution in [0.4, 0.5) is 0 Å². The number of rotatable bonds is 5. The minimum Gasteiger partial charge on any atom is -0.225 e. The molecule has 0 radical (unpaired) electrons. The van der Waals surface area contributed by atoms with E-state index >= 15 is 0 Å². The molecular formula is C14H14Cl2N2. The minimum absolute atomic E-state index is 0.262. The molecule has 1 aromatic heterocycles. The molecule has 0 saturated carbocycles. The summed E-state index contributed by atoms with van der Waals surface area (Å²) in [6.45, 7) is 0. The Kier molecular flexibility index (Phi) is 4.97. The molecule has 94 valence electrons. The summed E-state index contributed by atoms with van der Waals surface area (Å²) in [6, 6.07) is 10.5. The van der Waals surface area contributed by atoms with Crippen LogP contribution in [-0.2, 0) is 12.8 Å². The fourth-order valence-electron chi connectivity index (χ4n) is 1.82. The SMILES string of the molecule is Clc1ncc(Cl)c(CCCCc2ccccc2)n1. The predicted molar refractivity (Wildman–Crippen MR) is 75.1 cm³/mol. The maximum absolute atomic E-state index is 6.01. The van der Waals surface area contributed by atoms with Crippen molar-refractivity contribution in [3.8, 4) is 0 Å². The van der Waals surface area contributed by atoms with Crippen LogP contribution in [0.1, 0.15) is 24.1 Å². The van der Waals surface area contributed by atoms with Crippen molar-refractivity contribution < 1.29 is 0 Å². The van der Waals surface area contributed by atoms with Gasteiger partial charge in [0.25, 0.3) is 0 Å². The summed E-state index contributed by atoms with van der Waals surface area (Å²) in [7, 11) is 0. The second-order valence-electron chi connectivity index (χ2n) is 4.13. The molecule has 0 aliphatic heterocycles. The zero-order chi connectivity index (χ0) is 12.8. The molecule has 0 aliphatic carbocycles. The highest BCUT2D eigenvalue weighted by Crippen LogP contribution is 2.17. The van der Waals surface area contributed by atoms with Crippen LogP contribution in [-0.4, -0.2) is 9.97 Å². The van der Waals surface area contributed by atoms with Crippen LogP contribution in [0.3, 0.4) is 0 Å². The fourth-order valence-corrected chi connectivity index (χ4v) is 2.16. The Balaban J connectivity index is 1.80. The molecule has 18 heavy (non-hydrogen) atoms. The minimum atomic E-state index is 0.262. The number of nitrogens with zero attached hydrogens (tertiary/aromatic N) is 2. The van der Waals surface area contributed by atoms with Gasteiger partial charge in [-0.05, 0) is 42.8 Å². The highest BCUT2D eigenvalue weighted by atomic mass is 35.5. The quantitative estimate of drug-likeness (QED) is 0.601. The first kappa shape index (κ1) is 13.3. The van der Waals surface area contributed by atoms with E-state index in [-0.39, 0.29) is 5.28 Å². The van der Waals surface area contributed by atoms with Gasteiger partial charge in [-0.2, -0.15) is 0 Å². The number of unbranched alkanes of at least 4 members (excludes halogenated alkanes) is 1. The van der Waals surface area contributed by atoms with Gasteiger partial charge in [0.15, 0.2) is 0 Å². The Hall–Kier alpha value is -1.12. The predicted octanol–water partition coefficient (Wildman–Crippen LogP) is 4.35. The maximum Gasteiger partial charge on any atom is 0.222 e. The van der Waals surface area contributed by atoms with Crippen molar-refractivity contribution in [2.75, 3.05) is 0 Å². The molecule has 4 heteroatoms. The van der Waals surface area contributed by atoms with Crippen molar-refractivity contribution in [1.29, 1.82) is 0 Å². The van der Waals surface area contributed by atoms with Gasteiger partial charge in [0, 0.05) is 0 Å². The lowest BCUT2D eigenvalue weighted by Gasteiger charge is -2.04. The molecule has 0 bridgehead atoms. The second-order valence-corrected chi connectivity index (χ2v) is 4.87. The summed E-state index contributed by atoms with van der Waals surface area (Å²) in [4.78, 5) is 7.98. The third-order valence-corrected chi connectivity index (χ3v) is 3.26. The van der Waals surface area contributed by atoms with E-state index in [4.69, 9.17) is 23.2 Å². The van der Waals surface area contributed by atoms with Gasteiger partial charge in [0.05, 0.1) is 16.9 Å². The van der Waals surface area contributed by atoms with Gasteiger partial charge in [-0.3, -0.25) is 0 Å². The van der Waals surface area contributed by atoms with Gasteiger partial charge in [-0.15, -0.1) is 0 Å². The van der Waals surface area contributed by atoms with Crippen molar-refractivity contribution in [3.63, 3.8) is 0 Å². The van der Waals surface area contributed by atoms with Crippen LogP contribution in [0.15, 0.2) is 36.5 Å². The topological polar surface area (TPSA) is 25.8 Å². The van der Waals surface area contributed by atoms with Crippen LogP contribution in [0.25, 0.3) is 0 Å². The number of benzene rings is 1. The second kappa shape index (κ2) is 6.72. The van der Waals surface area contributed by atoms with Gasteiger partial charge >= 0.3 is 0 Å². The number of aromatic nitrogens is 2. The third kappa shape index (κ3) is 3.97. The first-order valence-electron chi connectivity index (χ1n) is 5.96. The molecule has 1 heterocycles. The van der Waals surface area contributed by atoms with Crippen LogP contribution in [0.2, 0.25) is 10.3 Å². The molecule has 0 atom stereocenters. The Morgan fingerprint density at radius 3 is 2.44 bits per heavy atom. The Morgan fingerprint density at radius 2 is 1.67 bits per heavy atom. The molecule has 2 nitrogen and oxygen atoms in total. The lowest BCUT2D eigenvalue weighted by Crippen LogP contribution is -1.95. The van der Waals surface area contributed by atoms with E-state index in [1.807, 2.05) is 6.07 Å². The highest BCUT2D eigenvalue weighted by Gasteiger charge is 2.04. The van der Waals surface area contributed by atoms with Gasteiger partial charge in [0.2, 0.25) is 5.28 Å². The molecular weight excluding hydrogens is 267 g/mol. The Bertz CT molecular complexity index is 500. The smallest absolute Gasteiger partial charge is 0.222 e. The summed E-state index contributed by atoms with van der Waals surface area (Å²) in [5.41, 5.74) is 2.20. The first-order valence-corrected chi connectivity index (χ1v) is 6.72. The van der Waals surface area contributed by atoms with E-state index < -0.39 is 0 Å². The molecule has 2 rings (SSSR count). The van der Waals surface area contributed by atoms with Crippen LogP contribution in [0.5, 0.6) is 0 Å². The van der Waals surface area contributed by atoms with E-state index in [1.54, 1.807) is 6.20 Å². The third-order valence-electron chi connectivity index (χ3n) is 2.76. The van der Waals surface area contributed by atoms with Crippen molar-refractivity contribution in [3.05, 3.63) is 58.1 Å². The molecule has 0 amide bonds. The van der Waals surface area contributed by atoms with E-state index in [0.29, 0.717) is 5.02 Å². The summed E-state index contributed by atoms with van der Waals surface area (Å²) in [5.74, 6) is 0. The van der Waals surface area contributed by atoms with Crippen molar-refractivity contribution in [1.82, 2.24) is 9.97 Å². The summed E-state index contributed by atoms with van der Waals surface area (Å²) in [6.07, 6.45) is 5.64. The number of hydrogen-bond donors (Lipinski definition) is 0. The lowest BCUT2D eigenvalue weighted by atomic mass is 10.1. The van der Waals surface area contributed by atoms with Crippen molar-refractivity contribution in [2.45, 2.75) is 25.7 Å². The monoisotopic (exact) mass is 280 g/mol. The average Bonchev–Trinajstić information content (AvgIpc) is 2.40. The zero-order valence-corrected chi connectivity index (χ0v) is 11.5. The first-order chi connectivity index (χ1) is 8.75. The molecule has 0 unspecified atom stereocenters. The fraction of sp³-hybridized carbons (Fsp3) is 0.286. The van der Waals surface area contributed by atoms with Crippen molar-refractivity contribution in [2.24, 2.45) is 0 Å². The van der Waals surface area contributed by atoms with Crippen LogP contribution in [0, 0.1) is 0 Å². The maximum atomic E-state index is 6.01. The highest BCUT2D eigenvalue weighted by molar-refractivity contribution is 6.31. The molecule has 0 spiro atoms.